The molecule has 0 aliphatic heterocycles. The highest BCUT2D eigenvalue weighted by Crippen LogP contribution is 2.45. The van der Waals surface area contributed by atoms with Gasteiger partial charge in [-0.2, -0.15) is 0 Å². The Balaban J connectivity index is 2.15. The van der Waals surface area contributed by atoms with Crippen LogP contribution in [0.1, 0.15) is 21.5 Å². The summed E-state index contributed by atoms with van der Waals surface area (Å²) in [6, 6.07) is 14.1. The van der Waals surface area contributed by atoms with Crippen molar-refractivity contribution in [2.45, 2.75) is 10.7 Å². The second kappa shape index (κ2) is 4.02. The Kier molecular flexibility index (Phi) is 2.59. The molecule has 1 aliphatic carbocycles. The summed E-state index contributed by atoms with van der Waals surface area (Å²) in [5.41, 5.74) is 1.85. The fourth-order valence-corrected chi connectivity index (χ4v) is 3.18. The van der Waals surface area contributed by atoms with Gasteiger partial charge in [0.05, 0.1) is 0 Å². The molecule has 2 aromatic rings. The fraction of sp³-hybridized carbons (Fsp3) is 0.133. The smallest absolute Gasteiger partial charge is 0.184 e. The highest BCUT2D eigenvalue weighted by Gasteiger charge is 2.45. The molecule has 3 rings (SSSR count). The largest absolute Gasteiger partial charge is 0.292 e. The lowest BCUT2D eigenvalue weighted by molar-refractivity contribution is 0.0960. The Hall–Kier alpha value is -1.48. The van der Waals surface area contributed by atoms with Gasteiger partial charge in [-0.3, -0.25) is 4.79 Å². The molecule has 1 unspecified atom stereocenters. The molecule has 1 atom stereocenters. The molecule has 0 spiro atoms. The Labute approximate surface area is 113 Å². The molecule has 0 bridgehead atoms. The van der Waals surface area contributed by atoms with Gasteiger partial charge in [-0.05, 0) is 11.6 Å². The van der Waals surface area contributed by atoms with Crippen molar-refractivity contribution in [1.29, 1.82) is 0 Å². The number of alkyl halides is 1. The van der Waals surface area contributed by atoms with Crippen LogP contribution in [0.4, 0.5) is 4.39 Å². The SMILES string of the molecule is O=C1c2cccc(F)c2CC1(Br)c1ccccc1. The lowest BCUT2D eigenvalue weighted by Crippen LogP contribution is -2.25. The summed E-state index contributed by atoms with van der Waals surface area (Å²) in [5, 5.41) is 0. The summed E-state index contributed by atoms with van der Waals surface area (Å²) in [6.45, 7) is 0. The van der Waals surface area contributed by atoms with Crippen LogP contribution < -0.4 is 0 Å². The lowest BCUT2D eigenvalue weighted by Gasteiger charge is -2.20. The average molecular weight is 305 g/mol. The molecule has 1 aliphatic rings. The zero-order valence-corrected chi connectivity index (χ0v) is 11.1. The van der Waals surface area contributed by atoms with Crippen molar-refractivity contribution < 1.29 is 9.18 Å². The first-order valence-electron chi connectivity index (χ1n) is 5.69. The topological polar surface area (TPSA) is 17.1 Å². The molecule has 1 nitrogen and oxygen atoms in total. The van der Waals surface area contributed by atoms with E-state index >= 15 is 0 Å². The predicted molar refractivity (Wildman–Crippen MR) is 71.5 cm³/mol. The zero-order chi connectivity index (χ0) is 12.8. The van der Waals surface area contributed by atoms with E-state index in [1.807, 2.05) is 30.3 Å². The molecule has 0 saturated heterocycles. The summed E-state index contributed by atoms with van der Waals surface area (Å²) in [6.07, 6.45) is 0.359. The predicted octanol–water partition coefficient (Wildman–Crippen LogP) is 3.85. The van der Waals surface area contributed by atoms with E-state index in [0.717, 1.165) is 5.56 Å². The second-order valence-electron chi connectivity index (χ2n) is 4.44. The van der Waals surface area contributed by atoms with E-state index in [1.165, 1.54) is 6.07 Å². The Morgan fingerprint density at radius 3 is 2.44 bits per heavy atom. The van der Waals surface area contributed by atoms with Gasteiger partial charge in [-0.25, -0.2) is 4.39 Å². The maximum absolute atomic E-state index is 13.8. The van der Waals surface area contributed by atoms with Crippen molar-refractivity contribution in [2.24, 2.45) is 0 Å². The van der Waals surface area contributed by atoms with Crippen molar-refractivity contribution in [3.8, 4) is 0 Å². The Morgan fingerprint density at radius 1 is 1.06 bits per heavy atom. The summed E-state index contributed by atoms with van der Waals surface area (Å²) in [5.74, 6) is -0.374. The number of Topliss-reactive ketones (excluding diaryl/α,β-unsaturated/α-hetero) is 1. The van der Waals surface area contributed by atoms with Crippen LogP contribution in [0.15, 0.2) is 48.5 Å². The molecule has 0 saturated carbocycles. The minimum Gasteiger partial charge on any atom is -0.292 e. The van der Waals surface area contributed by atoms with Crippen LogP contribution in [-0.4, -0.2) is 5.78 Å². The number of fused-ring (bicyclic) bond motifs is 1. The van der Waals surface area contributed by atoms with Crippen LogP contribution >= 0.6 is 15.9 Å². The molecule has 0 aromatic heterocycles. The average Bonchev–Trinajstić information content (AvgIpc) is 2.67. The van der Waals surface area contributed by atoms with Gasteiger partial charge in [0.2, 0.25) is 0 Å². The number of carbonyl (C=O) groups excluding carboxylic acids is 1. The molecule has 0 fully saturated rings. The van der Waals surface area contributed by atoms with Crippen LogP contribution in [0.5, 0.6) is 0 Å². The molecule has 0 heterocycles. The van der Waals surface area contributed by atoms with Gasteiger partial charge in [-0.15, -0.1) is 0 Å². The minimum atomic E-state index is -0.821. The lowest BCUT2D eigenvalue weighted by atomic mass is 9.95. The highest BCUT2D eigenvalue weighted by atomic mass is 79.9. The first kappa shape index (κ1) is 11.6. The summed E-state index contributed by atoms with van der Waals surface area (Å²) < 4.78 is 12.9. The number of benzene rings is 2. The van der Waals surface area contributed by atoms with Crippen molar-refractivity contribution in [3.05, 3.63) is 71.0 Å². The van der Waals surface area contributed by atoms with E-state index in [9.17, 15) is 9.18 Å². The van der Waals surface area contributed by atoms with Gasteiger partial charge in [0.1, 0.15) is 10.1 Å². The van der Waals surface area contributed by atoms with Crippen LogP contribution in [-0.2, 0) is 10.7 Å². The standard InChI is InChI=1S/C15H10BrFO/c16-15(10-5-2-1-3-6-10)9-12-11(14(15)18)7-4-8-13(12)17/h1-8H,9H2. The summed E-state index contributed by atoms with van der Waals surface area (Å²) >= 11 is 3.52. The van der Waals surface area contributed by atoms with E-state index in [4.69, 9.17) is 0 Å². The Bertz CT molecular complexity index is 624. The fourth-order valence-electron chi connectivity index (χ4n) is 2.42. The quantitative estimate of drug-likeness (QED) is 0.731. The maximum atomic E-state index is 13.8. The van der Waals surface area contributed by atoms with Gasteiger partial charge in [0.25, 0.3) is 0 Å². The van der Waals surface area contributed by atoms with Crippen LogP contribution in [0.25, 0.3) is 0 Å². The van der Waals surface area contributed by atoms with E-state index < -0.39 is 4.32 Å². The first-order chi connectivity index (χ1) is 8.63. The molecular formula is C15H10BrFO. The minimum absolute atomic E-state index is 0.0665. The number of hydrogen-bond acceptors (Lipinski definition) is 1. The molecular weight excluding hydrogens is 295 g/mol. The van der Waals surface area contributed by atoms with Crippen molar-refractivity contribution in [1.82, 2.24) is 0 Å². The van der Waals surface area contributed by atoms with Gasteiger partial charge in [0.15, 0.2) is 5.78 Å². The number of carbonyl (C=O) groups is 1. The van der Waals surface area contributed by atoms with Gasteiger partial charge < -0.3 is 0 Å². The first-order valence-corrected chi connectivity index (χ1v) is 6.49. The third-order valence-corrected chi connectivity index (χ3v) is 4.47. The molecule has 0 N–H and O–H groups in total. The van der Waals surface area contributed by atoms with Gasteiger partial charge >= 0.3 is 0 Å². The maximum Gasteiger partial charge on any atom is 0.184 e. The highest BCUT2D eigenvalue weighted by molar-refractivity contribution is 9.10. The molecule has 18 heavy (non-hydrogen) atoms. The van der Waals surface area contributed by atoms with Gasteiger partial charge in [0, 0.05) is 17.5 Å². The zero-order valence-electron chi connectivity index (χ0n) is 9.49. The summed E-state index contributed by atoms with van der Waals surface area (Å²) in [7, 11) is 0. The molecule has 0 radical (unpaired) electrons. The third-order valence-electron chi connectivity index (χ3n) is 3.38. The normalized spacial score (nSPS) is 22.0. The van der Waals surface area contributed by atoms with Gasteiger partial charge in [-0.1, -0.05) is 58.4 Å². The van der Waals surface area contributed by atoms with Crippen molar-refractivity contribution in [3.63, 3.8) is 0 Å². The Morgan fingerprint density at radius 2 is 1.78 bits per heavy atom. The van der Waals surface area contributed by atoms with E-state index in [-0.39, 0.29) is 11.6 Å². The van der Waals surface area contributed by atoms with Crippen LogP contribution in [0.2, 0.25) is 0 Å². The molecule has 2 aromatic carbocycles. The monoisotopic (exact) mass is 304 g/mol. The van der Waals surface area contributed by atoms with Crippen LogP contribution in [0, 0.1) is 5.82 Å². The van der Waals surface area contributed by atoms with Crippen molar-refractivity contribution >= 4 is 21.7 Å². The number of ketones is 1. The number of hydrogen-bond donors (Lipinski definition) is 0. The molecule has 3 heteroatoms. The van der Waals surface area contributed by atoms with Crippen LogP contribution in [0.3, 0.4) is 0 Å². The second-order valence-corrected chi connectivity index (χ2v) is 5.79. The third kappa shape index (κ3) is 1.54. The number of rotatable bonds is 1. The van der Waals surface area contributed by atoms with Crippen molar-refractivity contribution in [2.75, 3.05) is 0 Å². The van der Waals surface area contributed by atoms with E-state index in [0.29, 0.717) is 17.5 Å². The van der Waals surface area contributed by atoms with E-state index in [1.54, 1.807) is 12.1 Å². The van der Waals surface area contributed by atoms with E-state index in [2.05, 4.69) is 15.9 Å². The summed E-state index contributed by atoms with van der Waals surface area (Å²) in [4.78, 5) is 12.5. The number of halogens is 2. The molecule has 90 valence electrons. The molecule has 0 amide bonds.